The number of aromatic nitrogens is 3. The summed E-state index contributed by atoms with van der Waals surface area (Å²) >= 11 is 0. The highest BCUT2D eigenvalue weighted by atomic mass is 19.1. The Morgan fingerprint density at radius 2 is 1.80 bits per heavy atom. The van der Waals surface area contributed by atoms with E-state index in [1.54, 1.807) is 12.1 Å². The number of benzene rings is 1. The van der Waals surface area contributed by atoms with Crippen LogP contribution in [0.2, 0.25) is 0 Å². The molecule has 2 aromatic heterocycles. The van der Waals surface area contributed by atoms with Crippen LogP contribution >= 0.6 is 0 Å². The normalized spacial score (nSPS) is 13.9. The van der Waals surface area contributed by atoms with Gasteiger partial charge in [-0.1, -0.05) is 6.42 Å². The zero-order valence-electron chi connectivity index (χ0n) is 19.0. The number of primary amides is 1. The van der Waals surface area contributed by atoms with E-state index in [-0.39, 0.29) is 22.8 Å². The Hall–Kier alpha value is -4.12. The highest BCUT2D eigenvalue weighted by Crippen LogP contribution is 2.20. The molecule has 0 aliphatic carbocycles. The lowest BCUT2D eigenvalue weighted by Gasteiger charge is -2.30. The smallest absolute Gasteiger partial charge is 0.279 e. The first-order valence-corrected chi connectivity index (χ1v) is 11.3. The molecule has 4 rings (SSSR count). The summed E-state index contributed by atoms with van der Waals surface area (Å²) in [6, 6.07) is 8.37. The number of H-pyrrole nitrogens is 1. The number of hydrogen-bond donors (Lipinski definition) is 3. The summed E-state index contributed by atoms with van der Waals surface area (Å²) in [7, 11) is 0. The van der Waals surface area contributed by atoms with Crippen LogP contribution in [0.15, 0.2) is 48.9 Å². The molecule has 0 bridgehead atoms. The summed E-state index contributed by atoms with van der Waals surface area (Å²) in [5.74, 6) is -1.87. The van der Waals surface area contributed by atoms with Gasteiger partial charge in [-0.2, -0.15) is 0 Å². The SMILES string of the molecule is NC(=O)c1[nH]cnc1C(=O)N(CCN1CCCCC1)c1ccc(NC(=O)c2ccc(F)cc2)nc1. The van der Waals surface area contributed by atoms with Crippen molar-refractivity contribution in [3.63, 3.8) is 0 Å². The van der Waals surface area contributed by atoms with Crippen molar-refractivity contribution in [1.29, 1.82) is 0 Å². The van der Waals surface area contributed by atoms with Crippen molar-refractivity contribution >= 4 is 29.2 Å². The van der Waals surface area contributed by atoms with E-state index in [0.29, 0.717) is 18.8 Å². The Bertz CT molecular complexity index is 1190. The number of aromatic amines is 1. The average molecular weight is 480 g/mol. The molecule has 1 saturated heterocycles. The summed E-state index contributed by atoms with van der Waals surface area (Å²) in [4.78, 5) is 52.2. The highest BCUT2D eigenvalue weighted by molar-refractivity contribution is 6.11. The van der Waals surface area contributed by atoms with Crippen LogP contribution in [-0.4, -0.2) is 63.8 Å². The number of anilines is 2. The van der Waals surface area contributed by atoms with E-state index in [1.165, 1.54) is 48.1 Å². The van der Waals surface area contributed by atoms with Crippen LogP contribution in [0, 0.1) is 5.82 Å². The number of carbonyl (C=O) groups is 3. The predicted molar refractivity (Wildman–Crippen MR) is 128 cm³/mol. The minimum atomic E-state index is -0.779. The maximum absolute atomic E-state index is 13.4. The summed E-state index contributed by atoms with van der Waals surface area (Å²) in [6.45, 7) is 2.92. The second kappa shape index (κ2) is 10.9. The van der Waals surface area contributed by atoms with Crippen LogP contribution in [0.25, 0.3) is 0 Å². The minimum absolute atomic E-state index is 0.0610. The zero-order chi connectivity index (χ0) is 24.8. The molecule has 11 heteroatoms. The van der Waals surface area contributed by atoms with Gasteiger partial charge in [0.05, 0.1) is 18.2 Å². The molecule has 10 nitrogen and oxygen atoms in total. The number of likely N-dealkylation sites (tertiary alicyclic amines) is 1. The molecular weight excluding hydrogens is 453 g/mol. The number of amides is 3. The Balaban J connectivity index is 1.53. The van der Waals surface area contributed by atoms with Crippen molar-refractivity contribution in [3.8, 4) is 0 Å². The van der Waals surface area contributed by atoms with Gasteiger partial charge in [0, 0.05) is 18.7 Å². The van der Waals surface area contributed by atoms with E-state index in [4.69, 9.17) is 5.73 Å². The first-order chi connectivity index (χ1) is 16.9. The van der Waals surface area contributed by atoms with Gasteiger partial charge in [0.15, 0.2) is 5.69 Å². The molecule has 3 aromatic rings. The number of carbonyl (C=O) groups excluding carboxylic acids is 3. The maximum Gasteiger partial charge on any atom is 0.279 e. The van der Waals surface area contributed by atoms with Crippen LogP contribution in [0.1, 0.15) is 50.6 Å². The lowest BCUT2D eigenvalue weighted by atomic mass is 10.1. The molecule has 0 saturated carbocycles. The zero-order valence-corrected chi connectivity index (χ0v) is 19.0. The fraction of sp³-hybridized carbons (Fsp3) is 0.292. The van der Waals surface area contributed by atoms with Crippen molar-refractivity contribution < 1.29 is 18.8 Å². The largest absolute Gasteiger partial charge is 0.364 e. The Morgan fingerprint density at radius 1 is 1.06 bits per heavy atom. The maximum atomic E-state index is 13.4. The minimum Gasteiger partial charge on any atom is -0.364 e. The molecule has 1 aromatic carbocycles. The number of imidazole rings is 1. The molecule has 0 atom stereocenters. The van der Waals surface area contributed by atoms with Crippen LogP contribution < -0.4 is 16.0 Å². The number of halogens is 1. The van der Waals surface area contributed by atoms with Crippen molar-refractivity contribution in [3.05, 3.63) is 71.7 Å². The first-order valence-electron chi connectivity index (χ1n) is 11.3. The van der Waals surface area contributed by atoms with Gasteiger partial charge in [-0.05, 0) is 62.3 Å². The van der Waals surface area contributed by atoms with E-state index in [9.17, 15) is 18.8 Å². The third-order valence-electron chi connectivity index (χ3n) is 5.83. The van der Waals surface area contributed by atoms with Gasteiger partial charge in [0.25, 0.3) is 17.7 Å². The van der Waals surface area contributed by atoms with Gasteiger partial charge in [-0.3, -0.25) is 14.4 Å². The lowest BCUT2D eigenvalue weighted by Crippen LogP contribution is -2.41. The predicted octanol–water partition coefficient (Wildman–Crippen LogP) is 2.43. The third kappa shape index (κ3) is 5.87. The molecule has 3 heterocycles. The molecule has 35 heavy (non-hydrogen) atoms. The quantitative estimate of drug-likeness (QED) is 0.454. The van der Waals surface area contributed by atoms with Crippen molar-refractivity contribution in [1.82, 2.24) is 19.9 Å². The van der Waals surface area contributed by atoms with Gasteiger partial charge in [-0.25, -0.2) is 14.4 Å². The second-order valence-electron chi connectivity index (χ2n) is 8.21. The highest BCUT2D eigenvalue weighted by Gasteiger charge is 2.26. The fourth-order valence-corrected chi connectivity index (χ4v) is 3.95. The van der Waals surface area contributed by atoms with Crippen LogP contribution in [-0.2, 0) is 0 Å². The molecule has 0 spiro atoms. The molecule has 4 N–H and O–H groups in total. The topological polar surface area (TPSA) is 137 Å². The molecular formula is C24H26FN7O3. The van der Waals surface area contributed by atoms with Gasteiger partial charge >= 0.3 is 0 Å². The lowest BCUT2D eigenvalue weighted by molar-refractivity contribution is 0.0952. The summed E-state index contributed by atoms with van der Waals surface area (Å²) in [5, 5.41) is 2.65. The average Bonchev–Trinajstić information content (AvgIpc) is 3.36. The van der Waals surface area contributed by atoms with E-state index in [2.05, 4.69) is 25.2 Å². The Labute approximate surface area is 201 Å². The molecule has 182 valence electrons. The number of piperidine rings is 1. The van der Waals surface area contributed by atoms with E-state index in [1.807, 2.05) is 0 Å². The Morgan fingerprint density at radius 3 is 2.46 bits per heavy atom. The number of nitrogens with zero attached hydrogens (tertiary/aromatic N) is 4. The van der Waals surface area contributed by atoms with E-state index in [0.717, 1.165) is 25.9 Å². The number of nitrogens with two attached hydrogens (primary N) is 1. The molecule has 3 amide bonds. The first kappa shape index (κ1) is 24.0. The molecule has 1 fully saturated rings. The summed E-state index contributed by atoms with van der Waals surface area (Å²) in [6.07, 6.45) is 6.14. The van der Waals surface area contributed by atoms with E-state index < -0.39 is 23.5 Å². The van der Waals surface area contributed by atoms with Crippen LogP contribution in [0.5, 0.6) is 0 Å². The Kier molecular flexibility index (Phi) is 7.46. The molecule has 0 radical (unpaired) electrons. The number of hydrogen-bond acceptors (Lipinski definition) is 6. The third-order valence-corrected chi connectivity index (χ3v) is 5.83. The standard InChI is InChI=1S/C24H26FN7O3/c25-17-6-4-16(5-7-17)23(34)30-19-9-8-18(14-27-19)32(13-12-31-10-2-1-3-11-31)24(35)21-20(22(26)33)28-15-29-21/h4-9,14-15H,1-3,10-13H2,(H2,26,33)(H,28,29)(H,27,30,34). The van der Waals surface area contributed by atoms with Crippen molar-refractivity contribution in [2.45, 2.75) is 19.3 Å². The monoisotopic (exact) mass is 479 g/mol. The summed E-state index contributed by atoms with van der Waals surface area (Å²) < 4.78 is 13.1. The van der Waals surface area contributed by atoms with Crippen LogP contribution in [0.4, 0.5) is 15.9 Å². The second-order valence-corrected chi connectivity index (χ2v) is 8.21. The van der Waals surface area contributed by atoms with E-state index >= 15 is 0 Å². The van der Waals surface area contributed by atoms with Gasteiger partial charge in [-0.15, -0.1) is 0 Å². The van der Waals surface area contributed by atoms with Crippen molar-refractivity contribution in [2.75, 3.05) is 36.4 Å². The van der Waals surface area contributed by atoms with Gasteiger partial charge < -0.3 is 25.8 Å². The van der Waals surface area contributed by atoms with Crippen LogP contribution in [0.3, 0.4) is 0 Å². The van der Waals surface area contributed by atoms with Gasteiger partial charge in [0.1, 0.15) is 17.3 Å². The fourth-order valence-electron chi connectivity index (χ4n) is 3.95. The molecule has 0 unspecified atom stereocenters. The number of nitrogens with one attached hydrogen (secondary N) is 2. The number of rotatable bonds is 8. The number of pyridine rings is 1. The molecule has 1 aliphatic rings. The van der Waals surface area contributed by atoms with Gasteiger partial charge in [0.2, 0.25) is 0 Å². The summed E-state index contributed by atoms with van der Waals surface area (Å²) in [5.41, 5.74) is 6.02. The van der Waals surface area contributed by atoms with Crippen molar-refractivity contribution in [2.24, 2.45) is 5.73 Å². The molecule has 1 aliphatic heterocycles.